The number of nitro benzene ring substituents is 1. The van der Waals surface area contributed by atoms with Gasteiger partial charge in [0.15, 0.2) is 0 Å². The SMILES string of the molecule is O=[N+]([O-])c1ccc2c(c1)[C@@H]1O[C@@H]1C1(CCCC1)O2. The van der Waals surface area contributed by atoms with Crippen LogP contribution in [0.3, 0.4) is 0 Å². The zero-order valence-corrected chi connectivity index (χ0v) is 9.80. The van der Waals surface area contributed by atoms with Gasteiger partial charge in [-0.15, -0.1) is 0 Å². The zero-order valence-electron chi connectivity index (χ0n) is 9.80. The summed E-state index contributed by atoms with van der Waals surface area (Å²) in [5.41, 5.74) is 0.786. The van der Waals surface area contributed by atoms with Crippen molar-refractivity contribution in [1.82, 2.24) is 0 Å². The molecule has 0 amide bonds. The number of epoxide rings is 1. The first kappa shape index (κ1) is 10.3. The van der Waals surface area contributed by atoms with Crippen molar-refractivity contribution in [1.29, 1.82) is 0 Å². The third kappa shape index (κ3) is 1.25. The Morgan fingerprint density at radius 1 is 1.33 bits per heavy atom. The van der Waals surface area contributed by atoms with Crippen LogP contribution < -0.4 is 4.74 Å². The van der Waals surface area contributed by atoms with Crippen LogP contribution in [0.5, 0.6) is 5.75 Å². The number of hydrogen-bond donors (Lipinski definition) is 0. The molecule has 1 spiro atoms. The van der Waals surface area contributed by atoms with Gasteiger partial charge in [0.2, 0.25) is 0 Å². The van der Waals surface area contributed by atoms with Gasteiger partial charge < -0.3 is 9.47 Å². The van der Waals surface area contributed by atoms with Gasteiger partial charge in [0.1, 0.15) is 23.6 Å². The molecule has 1 aromatic rings. The summed E-state index contributed by atoms with van der Waals surface area (Å²) in [7, 11) is 0. The molecule has 5 heteroatoms. The lowest BCUT2D eigenvalue weighted by Crippen LogP contribution is -2.41. The third-order valence-electron chi connectivity index (χ3n) is 4.28. The summed E-state index contributed by atoms with van der Waals surface area (Å²) >= 11 is 0. The molecule has 5 nitrogen and oxygen atoms in total. The Morgan fingerprint density at radius 3 is 2.83 bits per heavy atom. The monoisotopic (exact) mass is 247 g/mol. The number of non-ortho nitro benzene ring substituents is 1. The average molecular weight is 247 g/mol. The summed E-state index contributed by atoms with van der Waals surface area (Å²) < 4.78 is 11.9. The smallest absolute Gasteiger partial charge is 0.270 e. The summed E-state index contributed by atoms with van der Waals surface area (Å²) in [5.74, 6) is 0.765. The number of hydrogen-bond acceptors (Lipinski definition) is 4. The molecule has 4 rings (SSSR count). The summed E-state index contributed by atoms with van der Waals surface area (Å²) in [6.07, 6.45) is 4.53. The standard InChI is InChI=1S/C13H13NO4/c15-14(16)8-3-4-10-9(7-8)11-12(17-11)13(18-10)5-1-2-6-13/h3-4,7,11-12H,1-2,5-6H2/t11-,12-/m0/s1. The van der Waals surface area contributed by atoms with Crippen LogP contribution in [0, 0.1) is 10.1 Å². The molecule has 0 aromatic heterocycles. The maximum atomic E-state index is 10.8. The van der Waals surface area contributed by atoms with Crippen LogP contribution >= 0.6 is 0 Å². The third-order valence-corrected chi connectivity index (χ3v) is 4.28. The lowest BCUT2D eigenvalue weighted by molar-refractivity contribution is -0.385. The number of nitro groups is 1. The molecule has 2 aliphatic heterocycles. The second-order valence-electron chi connectivity index (χ2n) is 5.33. The van der Waals surface area contributed by atoms with Crippen molar-refractivity contribution >= 4 is 5.69 Å². The molecule has 0 unspecified atom stereocenters. The van der Waals surface area contributed by atoms with Gasteiger partial charge in [0.05, 0.1) is 4.92 Å². The Hall–Kier alpha value is -1.62. The van der Waals surface area contributed by atoms with E-state index in [2.05, 4.69) is 0 Å². The van der Waals surface area contributed by atoms with E-state index in [1.807, 2.05) is 0 Å². The van der Waals surface area contributed by atoms with Crippen molar-refractivity contribution in [3.8, 4) is 5.75 Å². The first-order chi connectivity index (χ1) is 8.70. The van der Waals surface area contributed by atoms with E-state index in [0.717, 1.165) is 24.2 Å². The van der Waals surface area contributed by atoms with Crippen molar-refractivity contribution in [2.45, 2.75) is 43.5 Å². The van der Waals surface area contributed by atoms with E-state index in [1.165, 1.54) is 18.9 Å². The molecule has 2 heterocycles. The number of benzene rings is 1. The Morgan fingerprint density at radius 2 is 2.11 bits per heavy atom. The van der Waals surface area contributed by atoms with Crippen molar-refractivity contribution in [2.75, 3.05) is 0 Å². The fraction of sp³-hybridized carbons (Fsp3) is 0.538. The van der Waals surface area contributed by atoms with Crippen LogP contribution in [0.15, 0.2) is 18.2 Å². The predicted octanol–water partition coefficient (Wildman–Crippen LogP) is 2.74. The molecule has 1 saturated carbocycles. The minimum absolute atomic E-state index is 0.00625. The molecular weight excluding hydrogens is 234 g/mol. The van der Waals surface area contributed by atoms with Crippen LogP contribution in [0.1, 0.15) is 37.4 Å². The summed E-state index contributed by atoms with van der Waals surface area (Å²) in [4.78, 5) is 10.4. The highest BCUT2D eigenvalue weighted by atomic mass is 16.6. The van der Waals surface area contributed by atoms with Gasteiger partial charge >= 0.3 is 0 Å². The van der Waals surface area contributed by atoms with Gasteiger partial charge in [-0.05, 0) is 31.7 Å². The summed E-state index contributed by atoms with van der Waals surface area (Å²) in [5, 5.41) is 10.8. The normalized spacial score (nSPS) is 30.4. The van der Waals surface area contributed by atoms with Crippen LogP contribution in [-0.2, 0) is 4.74 Å². The highest BCUT2D eigenvalue weighted by Crippen LogP contribution is 2.58. The van der Waals surface area contributed by atoms with E-state index in [0.29, 0.717) is 0 Å². The fourth-order valence-corrected chi connectivity index (χ4v) is 3.35. The average Bonchev–Trinajstić information content (AvgIpc) is 3.05. The summed E-state index contributed by atoms with van der Waals surface area (Å²) in [6.45, 7) is 0. The maximum Gasteiger partial charge on any atom is 0.270 e. The van der Waals surface area contributed by atoms with E-state index in [1.54, 1.807) is 12.1 Å². The van der Waals surface area contributed by atoms with Crippen LogP contribution in [0.25, 0.3) is 0 Å². The van der Waals surface area contributed by atoms with Gasteiger partial charge in [0.25, 0.3) is 5.69 Å². The number of rotatable bonds is 1. The first-order valence-corrected chi connectivity index (χ1v) is 6.32. The topological polar surface area (TPSA) is 64.9 Å². The Balaban J connectivity index is 1.76. The molecule has 94 valence electrons. The van der Waals surface area contributed by atoms with Crippen LogP contribution in [0.4, 0.5) is 5.69 Å². The maximum absolute atomic E-state index is 10.8. The van der Waals surface area contributed by atoms with Crippen molar-refractivity contribution < 1.29 is 14.4 Å². The highest BCUT2D eigenvalue weighted by Gasteiger charge is 2.62. The Bertz CT molecular complexity index is 536. The molecule has 1 aromatic carbocycles. The van der Waals surface area contributed by atoms with E-state index in [-0.39, 0.29) is 28.4 Å². The molecule has 1 saturated heterocycles. The minimum Gasteiger partial charge on any atom is -0.484 e. The van der Waals surface area contributed by atoms with E-state index in [9.17, 15) is 10.1 Å². The van der Waals surface area contributed by atoms with Gasteiger partial charge in [0, 0.05) is 17.7 Å². The lowest BCUT2D eigenvalue weighted by atomic mass is 9.89. The molecule has 0 bridgehead atoms. The van der Waals surface area contributed by atoms with E-state index in [4.69, 9.17) is 9.47 Å². The summed E-state index contributed by atoms with van der Waals surface area (Å²) in [6, 6.07) is 4.80. The second kappa shape index (κ2) is 3.23. The van der Waals surface area contributed by atoms with Crippen molar-refractivity contribution in [2.24, 2.45) is 0 Å². The van der Waals surface area contributed by atoms with Gasteiger partial charge in [-0.2, -0.15) is 0 Å². The van der Waals surface area contributed by atoms with Crippen LogP contribution in [-0.4, -0.2) is 16.6 Å². The van der Waals surface area contributed by atoms with Gasteiger partial charge in [-0.1, -0.05) is 0 Å². The fourth-order valence-electron chi connectivity index (χ4n) is 3.35. The largest absolute Gasteiger partial charge is 0.484 e. The first-order valence-electron chi connectivity index (χ1n) is 6.32. The quantitative estimate of drug-likeness (QED) is 0.435. The molecule has 2 fully saturated rings. The van der Waals surface area contributed by atoms with Gasteiger partial charge in [-0.3, -0.25) is 10.1 Å². The molecule has 1 aliphatic carbocycles. The van der Waals surface area contributed by atoms with Crippen molar-refractivity contribution in [3.05, 3.63) is 33.9 Å². The predicted molar refractivity (Wildman–Crippen MR) is 62.5 cm³/mol. The molecule has 0 N–H and O–H groups in total. The van der Waals surface area contributed by atoms with Gasteiger partial charge in [-0.25, -0.2) is 0 Å². The number of ether oxygens (including phenoxy) is 2. The Kier molecular flexibility index (Phi) is 1.85. The second-order valence-corrected chi connectivity index (χ2v) is 5.33. The van der Waals surface area contributed by atoms with E-state index < -0.39 is 0 Å². The number of fused-ring (bicyclic) bond motifs is 4. The molecule has 0 radical (unpaired) electrons. The molecular formula is C13H13NO4. The molecule has 18 heavy (non-hydrogen) atoms. The molecule has 2 atom stereocenters. The van der Waals surface area contributed by atoms with E-state index >= 15 is 0 Å². The Labute approximate surface area is 104 Å². The lowest BCUT2D eigenvalue weighted by Gasteiger charge is -2.32. The molecule has 3 aliphatic rings. The number of nitrogens with zero attached hydrogens (tertiary/aromatic N) is 1. The highest BCUT2D eigenvalue weighted by molar-refractivity contribution is 5.49. The van der Waals surface area contributed by atoms with Crippen LogP contribution in [0.2, 0.25) is 0 Å². The van der Waals surface area contributed by atoms with Crippen molar-refractivity contribution in [3.63, 3.8) is 0 Å². The minimum atomic E-state index is -0.377. The zero-order chi connectivity index (χ0) is 12.3.